The third-order valence-electron chi connectivity index (χ3n) is 6.68. The molecule has 8 atom stereocenters. The number of hydrogen-bond donors (Lipinski definition) is 6. The monoisotopic (exact) mass is 542 g/mol. The molecule has 13 nitrogen and oxygen atoms in total. The van der Waals surface area contributed by atoms with Crippen LogP contribution in [0.2, 0.25) is 0 Å². The number of phenolic OH excluding ortho intramolecular Hbond substituents is 2. The third kappa shape index (κ3) is 6.73. The highest BCUT2D eigenvalue weighted by atomic mass is 16.8. The first-order valence-corrected chi connectivity index (χ1v) is 12.2. The van der Waals surface area contributed by atoms with Crippen molar-refractivity contribution in [3.63, 3.8) is 0 Å². The van der Waals surface area contributed by atoms with Gasteiger partial charge in [-0.3, -0.25) is 4.79 Å². The molecule has 0 saturated carbocycles. The van der Waals surface area contributed by atoms with E-state index in [0.29, 0.717) is 12.0 Å². The Labute approximate surface area is 218 Å². The quantitative estimate of drug-likeness (QED) is 0.162. The van der Waals surface area contributed by atoms with E-state index in [1.807, 2.05) is 0 Å². The lowest BCUT2D eigenvalue weighted by atomic mass is 9.80. The second-order valence-electron chi connectivity index (χ2n) is 9.08. The Morgan fingerprint density at radius 3 is 2.39 bits per heavy atom. The van der Waals surface area contributed by atoms with Gasteiger partial charge in [-0.25, -0.2) is 4.79 Å². The Kier molecular flexibility index (Phi) is 10.3. The number of methoxy groups -OCH3 is 1. The van der Waals surface area contributed by atoms with Crippen LogP contribution >= 0.6 is 0 Å². The molecule has 1 saturated heterocycles. The van der Waals surface area contributed by atoms with E-state index < -0.39 is 67.4 Å². The van der Waals surface area contributed by atoms with E-state index in [1.54, 1.807) is 13.0 Å². The maximum Gasteiger partial charge on any atom is 0.337 e. The maximum atomic E-state index is 12.7. The van der Waals surface area contributed by atoms with E-state index in [1.165, 1.54) is 19.2 Å². The number of esters is 2. The first-order valence-electron chi connectivity index (χ1n) is 12.2. The average molecular weight is 543 g/mol. The van der Waals surface area contributed by atoms with Crippen LogP contribution in [0.25, 0.3) is 0 Å². The van der Waals surface area contributed by atoms with Crippen molar-refractivity contribution in [2.45, 2.75) is 63.2 Å². The number of benzene rings is 1. The minimum Gasteiger partial charge on any atom is -0.504 e. The summed E-state index contributed by atoms with van der Waals surface area (Å²) in [6, 6.07) is 4.25. The summed E-state index contributed by atoms with van der Waals surface area (Å²) < 4.78 is 26.9. The Morgan fingerprint density at radius 1 is 1.03 bits per heavy atom. The van der Waals surface area contributed by atoms with E-state index >= 15 is 0 Å². The van der Waals surface area contributed by atoms with Crippen molar-refractivity contribution >= 4 is 11.9 Å². The zero-order valence-corrected chi connectivity index (χ0v) is 21.0. The zero-order valence-electron chi connectivity index (χ0n) is 21.0. The molecule has 0 aliphatic carbocycles. The molecular formula is C25H34O13. The summed E-state index contributed by atoms with van der Waals surface area (Å²) in [6.45, 7) is 1.11. The summed E-state index contributed by atoms with van der Waals surface area (Å²) in [5.41, 5.74) is 0.710. The number of ether oxygens (including phenoxy) is 5. The van der Waals surface area contributed by atoms with Gasteiger partial charge in [0, 0.05) is 18.3 Å². The van der Waals surface area contributed by atoms with Crippen LogP contribution in [0.15, 0.2) is 30.0 Å². The molecule has 13 heteroatoms. The van der Waals surface area contributed by atoms with Crippen molar-refractivity contribution in [1.29, 1.82) is 0 Å². The minimum atomic E-state index is -1.66. The molecule has 1 fully saturated rings. The number of hydrogen-bond acceptors (Lipinski definition) is 13. The van der Waals surface area contributed by atoms with Gasteiger partial charge in [0.15, 0.2) is 17.8 Å². The molecule has 38 heavy (non-hydrogen) atoms. The zero-order chi connectivity index (χ0) is 28.0. The van der Waals surface area contributed by atoms with Crippen LogP contribution in [0.1, 0.15) is 25.3 Å². The highest BCUT2D eigenvalue weighted by Crippen LogP contribution is 2.38. The predicted octanol–water partition coefficient (Wildman–Crippen LogP) is -0.554. The number of aromatic hydroxyl groups is 2. The first kappa shape index (κ1) is 29.6. The SMILES string of the molecule is CC[C@H]1[C@H](O[C@@H]2O[C@H](CO)[C@@H](O)[C@H](O)[C@H]2O)OC=C(C(=O)OC)[C@@H]1CC(=O)OCCc1ccc(O)c(O)c1. The number of carbonyl (C=O) groups excluding carboxylic acids is 2. The Bertz CT molecular complexity index is 993. The summed E-state index contributed by atoms with van der Waals surface area (Å²) in [6.07, 6.45) is -7.21. The molecule has 0 amide bonds. The van der Waals surface area contributed by atoms with Gasteiger partial charge >= 0.3 is 11.9 Å². The van der Waals surface area contributed by atoms with E-state index in [4.69, 9.17) is 23.7 Å². The lowest BCUT2D eigenvalue weighted by molar-refractivity contribution is -0.341. The third-order valence-corrected chi connectivity index (χ3v) is 6.68. The smallest absolute Gasteiger partial charge is 0.337 e. The molecule has 6 N–H and O–H groups in total. The molecule has 0 aromatic heterocycles. The number of phenols is 2. The molecule has 1 aromatic rings. The fourth-order valence-corrected chi connectivity index (χ4v) is 4.50. The van der Waals surface area contributed by atoms with Crippen molar-refractivity contribution in [1.82, 2.24) is 0 Å². The molecule has 0 spiro atoms. The van der Waals surface area contributed by atoms with Crippen LogP contribution in [-0.4, -0.2) is 99.9 Å². The largest absolute Gasteiger partial charge is 0.504 e. The lowest BCUT2D eigenvalue weighted by Gasteiger charge is -2.43. The lowest BCUT2D eigenvalue weighted by Crippen LogP contribution is -2.60. The first-order chi connectivity index (χ1) is 18.1. The van der Waals surface area contributed by atoms with Crippen LogP contribution < -0.4 is 0 Å². The number of rotatable bonds is 10. The summed E-state index contributed by atoms with van der Waals surface area (Å²) in [5.74, 6) is -3.28. The molecule has 2 aliphatic heterocycles. The van der Waals surface area contributed by atoms with Crippen LogP contribution in [0.4, 0.5) is 0 Å². The van der Waals surface area contributed by atoms with Gasteiger partial charge in [-0.1, -0.05) is 13.0 Å². The predicted molar refractivity (Wildman–Crippen MR) is 126 cm³/mol. The fraction of sp³-hybridized carbons (Fsp3) is 0.600. The standard InChI is InChI=1S/C25H34O13/c1-3-13-14(9-19(29)35-7-6-12-4-5-16(27)17(28)8-12)15(23(33)34-2)11-36-24(13)38-25-22(32)21(31)20(30)18(10-26)37-25/h4-5,8,11,13-14,18,20-22,24-28,30-32H,3,6-7,9-10H2,1-2H3/t13-,14-,18-,20-,21+,22-,24+,25+/m1/s1. The Morgan fingerprint density at radius 2 is 1.76 bits per heavy atom. The molecular weight excluding hydrogens is 508 g/mol. The van der Waals surface area contributed by atoms with Crippen molar-refractivity contribution in [2.24, 2.45) is 11.8 Å². The van der Waals surface area contributed by atoms with E-state index in [2.05, 4.69) is 0 Å². The van der Waals surface area contributed by atoms with Crippen LogP contribution in [-0.2, 0) is 39.7 Å². The van der Waals surface area contributed by atoms with Gasteiger partial charge in [0.25, 0.3) is 0 Å². The molecule has 3 rings (SSSR count). The van der Waals surface area contributed by atoms with Gasteiger partial charge < -0.3 is 54.3 Å². The topological polar surface area (TPSA) is 202 Å². The van der Waals surface area contributed by atoms with Crippen LogP contribution in [0, 0.1) is 11.8 Å². The van der Waals surface area contributed by atoms with Gasteiger partial charge in [-0.05, 0) is 24.1 Å². The van der Waals surface area contributed by atoms with Crippen LogP contribution in [0.5, 0.6) is 11.5 Å². The van der Waals surface area contributed by atoms with E-state index in [0.717, 1.165) is 6.26 Å². The minimum absolute atomic E-state index is 0.0227. The molecule has 0 unspecified atom stereocenters. The molecule has 0 radical (unpaired) electrons. The summed E-state index contributed by atoms with van der Waals surface area (Å²) in [5, 5.41) is 58.8. The van der Waals surface area contributed by atoms with Crippen molar-refractivity contribution in [2.75, 3.05) is 20.3 Å². The van der Waals surface area contributed by atoms with Crippen LogP contribution in [0.3, 0.4) is 0 Å². The summed E-state index contributed by atoms with van der Waals surface area (Å²) in [7, 11) is 1.18. The van der Waals surface area contributed by atoms with Crippen molar-refractivity contribution in [3.8, 4) is 11.5 Å². The summed E-state index contributed by atoms with van der Waals surface area (Å²) >= 11 is 0. The number of aliphatic hydroxyl groups is 4. The Hall–Kier alpha value is -2.94. The fourth-order valence-electron chi connectivity index (χ4n) is 4.50. The van der Waals surface area contributed by atoms with Gasteiger partial charge in [0.1, 0.15) is 24.4 Å². The average Bonchev–Trinajstić information content (AvgIpc) is 2.90. The Balaban J connectivity index is 1.70. The molecule has 2 aliphatic rings. The maximum absolute atomic E-state index is 12.7. The molecule has 2 heterocycles. The van der Waals surface area contributed by atoms with Crippen molar-refractivity contribution in [3.05, 3.63) is 35.6 Å². The molecule has 212 valence electrons. The van der Waals surface area contributed by atoms with Gasteiger partial charge in [0.2, 0.25) is 6.29 Å². The molecule has 1 aromatic carbocycles. The summed E-state index contributed by atoms with van der Waals surface area (Å²) in [4.78, 5) is 25.2. The van der Waals surface area contributed by atoms with Gasteiger partial charge in [0.05, 0.1) is 38.6 Å². The molecule has 0 bridgehead atoms. The van der Waals surface area contributed by atoms with Gasteiger partial charge in [-0.2, -0.15) is 0 Å². The van der Waals surface area contributed by atoms with E-state index in [-0.39, 0.29) is 36.5 Å². The van der Waals surface area contributed by atoms with Gasteiger partial charge in [-0.15, -0.1) is 0 Å². The number of carbonyl (C=O) groups is 2. The highest BCUT2D eigenvalue weighted by Gasteiger charge is 2.48. The second kappa shape index (κ2) is 13.2. The second-order valence-corrected chi connectivity index (χ2v) is 9.08. The van der Waals surface area contributed by atoms with E-state index in [9.17, 15) is 40.2 Å². The highest BCUT2D eigenvalue weighted by molar-refractivity contribution is 5.89. The number of aliphatic hydroxyl groups excluding tert-OH is 4. The normalized spacial score (nSPS) is 31.2. The van der Waals surface area contributed by atoms with Crippen molar-refractivity contribution < 1.29 is 63.9 Å².